The van der Waals surface area contributed by atoms with Gasteiger partial charge in [0.25, 0.3) is 0 Å². The molecule has 0 bridgehead atoms. The van der Waals surface area contributed by atoms with E-state index in [1.165, 1.54) is 19.3 Å². The number of nitrogens with two attached hydrogens (primary N) is 1. The van der Waals surface area contributed by atoms with E-state index in [0.29, 0.717) is 41.9 Å². The lowest BCUT2D eigenvalue weighted by Crippen LogP contribution is -2.60. The number of amides is 1. The van der Waals surface area contributed by atoms with Crippen LogP contribution in [-0.2, 0) is 4.79 Å². The van der Waals surface area contributed by atoms with Crippen LogP contribution in [0.15, 0.2) is 0 Å². The Kier molecular flexibility index (Phi) is 7.68. The average molecular weight is 421 g/mol. The average Bonchev–Trinajstić information content (AvgIpc) is 3.17. The van der Waals surface area contributed by atoms with Gasteiger partial charge in [-0.15, -0.1) is 0 Å². The molecule has 0 spiro atoms. The fourth-order valence-electron chi connectivity index (χ4n) is 6.47. The van der Waals surface area contributed by atoms with E-state index in [-0.39, 0.29) is 18.2 Å². The predicted octanol–water partition coefficient (Wildman–Crippen LogP) is 1.00. The van der Waals surface area contributed by atoms with Gasteiger partial charge in [-0.3, -0.25) is 15.4 Å². The van der Waals surface area contributed by atoms with E-state index in [4.69, 9.17) is 5.73 Å². The first-order valence-electron chi connectivity index (χ1n) is 12.5. The van der Waals surface area contributed by atoms with Gasteiger partial charge in [-0.1, -0.05) is 20.3 Å². The molecule has 0 aromatic heterocycles. The van der Waals surface area contributed by atoms with Crippen LogP contribution in [-0.4, -0.2) is 55.5 Å². The maximum absolute atomic E-state index is 12.9. The molecule has 2 aliphatic heterocycles. The predicted molar refractivity (Wildman–Crippen MR) is 121 cm³/mol. The Bertz CT molecular complexity index is 568. The Morgan fingerprint density at radius 3 is 2.47 bits per heavy atom. The summed E-state index contributed by atoms with van der Waals surface area (Å²) in [7, 11) is 0. The van der Waals surface area contributed by atoms with Crippen LogP contribution in [0.3, 0.4) is 0 Å². The second-order valence-electron chi connectivity index (χ2n) is 10.6. The van der Waals surface area contributed by atoms with E-state index >= 15 is 0 Å². The molecule has 0 aromatic rings. The number of carbonyl (C=O) groups excluding carboxylic acids is 1. The quantitative estimate of drug-likeness (QED) is 0.358. The summed E-state index contributed by atoms with van der Waals surface area (Å²) in [6.45, 7) is 6.77. The van der Waals surface area contributed by atoms with Crippen molar-refractivity contribution in [3.8, 4) is 0 Å². The highest BCUT2D eigenvalue weighted by molar-refractivity contribution is 5.82. The monoisotopic (exact) mass is 420 g/mol. The van der Waals surface area contributed by atoms with Crippen molar-refractivity contribution >= 4 is 5.91 Å². The van der Waals surface area contributed by atoms with E-state index in [1.807, 2.05) is 0 Å². The third kappa shape index (κ3) is 5.54. The number of carbonyl (C=O) groups is 1. The number of fused-ring (bicyclic) bond motifs is 1. The summed E-state index contributed by atoms with van der Waals surface area (Å²) in [6, 6.07) is 1.76. The molecule has 4 fully saturated rings. The first-order valence-corrected chi connectivity index (χ1v) is 12.5. The zero-order valence-electron chi connectivity index (χ0n) is 19.0. The molecule has 4 rings (SSSR count). The lowest BCUT2D eigenvalue weighted by atomic mass is 9.78. The molecule has 0 radical (unpaired) electrons. The molecule has 0 aromatic carbocycles. The first-order chi connectivity index (χ1) is 14.5. The molecular formula is C23H44N6O. The Labute approximate surface area is 182 Å². The van der Waals surface area contributed by atoms with Crippen molar-refractivity contribution in [2.75, 3.05) is 13.1 Å². The number of nitrogens with one attached hydrogen (secondary N) is 5. The van der Waals surface area contributed by atoms with Crippen molar-refractivity contribution in [1.82, 2.24) is 26.6 Å². The molecule has 2 saturated carbocycles. The molecule has 2 aliphatic carbocycles. The zero-order valence-corrected chi connectivity index (χ0v) is 19.0. The third-order valence-electron chi connectivity index (χ3n) is 8.27. The zero-order chi connectivity index (χ0) is 21.1. The Morgan fingerprint density at radius 1 is 0.933 bits per heavy atom. The van der Waals surface area contributed by atoms with Gasteiger partial charge in [0.1, 0.15) is 6.29 Å². The summed E-state index contributed by atoms with van der Waals surface area (Å²) in [5, 5.41) is 17.6. The summed E-state index contributed by atoms with van der Waals surface area (Å²) >= 11 is 0. The van der Waals surface area contributed by atoms with Gasteiger partial charge in [0.2, 0.25) is 5.91 Å². The van der Waals surface area contributed by atoms with Crippen molar-refractivity contribution in [2.45, 2.75) is 108 Å². The van der Waals surface area contributed by atoms with Crippen molar-refractivity contribution in [3.05, 3.63) is 0 Å². The molecule has 7 heteroatoms. The summed E-state index contributed by atoms with van der Waals surface area (Å²) < 4.78 is 0. The van der Waals surface area contributed by atoms with Crippen LogP contribution in [0.25, 0.3) is 0 Å². The van der Waals surface area contributed by atoms with Crippen LogP contribution >= 0.6 is 0 Å². The fourth-order valence-corrected chi connectivity index (χ4v) is 6.47. The molecular weight excluding hydrogens is 376 g/mol. The van der Waals surface area contributed by atoms with Crippen LogP contribution in [0.4, 0.5) is 0 Å². The molecule has 2 heterocycles. The highest BCUT2D eigenvalue weighted by Crippen LogP contribution is 2.36. The summed E-state index contributed by atoms with van der Waals surface area (Å²) in [4.78, 5) is 12.9. The van der Waals surface area contributed by atoms with Gasteiger partial charge in [-0.25, -0.2) is 0 Å². The Hall–Kier alpha value is -0.730. The standard InChI is InChI=1S/C23H44N6O/c1-14-4-3-5-16-13-20(28-21(14)16)22(30)26-18-6-7-19(15(2)12-18)29-23(24)27-17-8-10-25-11-9-17/h14-21,23,25,27-29H,3-13,24H2,1-2H3,(H,26,30). The molecule has 1 amide bonds. The van der Waals surface area contributed by atoms with E-state index in [9.17, 15) is 4.79 Å². The maximum Gasteiger partial charge on any atom is 0.237 e. The number of hydrogen-bond acceptors (Lipinski definition) is 6. The minimum atomic E-state index is -0.153. The van der Waals surface area contributed by atoms with Gasteiger partial charge in [-0.05, 0) is 82.2 Å². The largest absolute Gasteiger partial charge is 0.352 e. The topological polar surface area (TPSA) is 103 Å². The highest BCUT2D eigenvalue weighted by Gasteiger charge is 2.42. The van der Waals surface area contributed by atoms with Gasteiger partial charge < -0.3 is 21.7 Å². The first kappa shape index (κ1) is 22.5. The smallest absolute Gasteiger partial charge is 0.237 e. The van der Waals surface area contributed by atoms with E-state index in [0.717, 1.165) is 51.6 Å². The number of rotatable bonds is 6. The van der Waals surface area contributed by atoms with Crippen molar-refractivity contribution < 1.29 is 4.79 Å². The van der Waals surface area contributed by atoms with E-state index in [2.05, 4.69) is 40.4 Å². The second kappa shape index (κ2) is 10.3. The molecule has 8 atom stereocenters. The van der Waals surface area contributed by atoms with Crippen LogP contribution in [0.5, 0.6) is 0 Å². The minimum absolute atomic E-state index is 0.00862. The van der Waals surface area contributed by atoms with Gasteiger partial charge in [0, 0.05) is 24.2 Å². The molecule has 2 saturated heterocycles. The van der Waals surface area contributed by atoms with E-state index in [1.54, 1.807) is 0 Å². The molecule has 172 valence electrons. The maximum atomic E-state index is 12.9. The van der Waals surface area contributed by atoms with Gasteiger partial charge in [0.05, 0.1) is 6.04 Å². The van der Waals surface area contributed by atoms with Crippen molar-refractivity contribution in [2.24, 2.45) is 23.5 Å². The van der Waals surface area contributed by atoms with Crippen LogP contribution in [0.2, 0.25) is 0 Å². The highest BCUT2D eigenvalue weighted by atomic mass is 16.2. The number of hydrogen-bond donors (Lipinski definition) is 6. The van der Waals surface area contributed by atoms with Crippen molar-refractivity contribution in [1.29, 1.82) is 0 Å². The summed E-state index contributed by atoms with van der Waals surface area (Å²) in [5.74, 6) is 2.12. The molecule has 30 heavy (non-hydrogen) atoms. The molecule has 8 unspecified atom stereocenters. The lowest BCUT2D eigenvalue weighted by molar-refractivity contribution is -0.124. The normalized spacial score (nSPS) is 41.2. The lowest BCUT2D eigenvalue weighted by Gasteiger charge is -2.38. The minimum Gasteiger partial charge on any atom is -0.352 e. The fraction of sp³-hybridized carbons (Fsp3) is 0.957. The molecule has 7 nitrogen and oxygen atoms in total. The van der Waals surface area contributed by atoms with Gasteiger partial charge in [0.15, 0.2) is 0 Å². The van der Waals surface area contributed by atoms with Crippen molar-refractivity contribution in [3.63, 3.8) is 0 Å². The van der Waals surface area contributed by atoms with Crippen LogP contribution < -0.4 is 32.3 Å². The van der Waals surface area contributed by atoms with Gasteiger partial charge in [-0.2, -0.15) is 0 Å². The Morgan fingerprint density at radius 2 is 1.73 bits per heavy atom. The molecule has 7 N–H and O–H groups in total. The number of piperidine rings is 1. The van der Waals surface area contributed by atoms with Gasteiger partial charge >= 0.3 is 0 Å². The molecule has 4 aliphatic rings. The van der Waals surface area contributed by atoms with E-state index < -0.39 is 0 Å². The van der Waals surface area contributed by atoms with Crippen LogP contribution in [0.1, 0.15) is 71.6 Å². The Balaban J connectivity index is 1.19. The second-order valence-corrected chi connectivity index (χ2v) is 10.6. The SMILES string of the molecule is CC1CC(NC(=O)C2CC3CCCC(C)C3N2)CCC1NC(N)NC1CCNCC1. The summed E-state index contributed by atoms with van der Waals surface area (Å²) in [6.07, 6.45) is 10.2. The third-order valence-corrected chi connectivity index (χ3v) is 8.27. The van der Waals surface area contributed by atoms with Crippen LogP contribution in [0, 0.1) is 17.8 Å². The summed E-state index contributed by atoms with van der Waals surface area (Å²) in [5.41, 5.74) is 6.34.